The molecule has 0 bridgehead atoms. The van der Waals surface area contributed by atoms with Crippen LogP contribution in [-0.4, -0.2) is 96.2 Å². The number of hydrogen-bond donors (Lipinski definition) is 6. The summed E-state index contributed by atoms with van der Waals surface area (Å²) in [4.78, 5) is 25.7. The molecule has 41 heavy (non-hydrogen) atoms. The van der Waals surface area contributed by atoms with E-state index in [2.05, 4.69) is 20.3 Å². The van der Waals surface area contributed by atoms with E-state index >= 15 is 0 Å². The van der Waals surface area contributed by atoms with Crippen molar-refractivity contribution in [1.29, 1.82) is 0 Å². The minimum atomic E-state index is -1.25. The van der Waals surface area contributed by atoms with Crippen LogP contribution in [0.15, 0.2) is 24.8 Å². The predicted octanol–water partition coefficient (Wildman–Crippen LogP) is 1.11. The smallest absolute Gasteiger partial charge is 0.320 e. The Morgan fingerprint density at radius 3 is 2.80 bits per heavy atom. The minimum absolute atomic E-state index is 0.195. The maximum absolute atomic E-state index is 11.3. The standard InChI is InChI=1S/C26H34Cl2N8O5/c27-16-4-3-14-13(8-31-9-15(14)19(16)28)2-1-6-35(7-5-17(29)26(39)40)10-18-21(37)22(38)25(41-18)36-12-34-20-23(30)32-11-33-24(20)36/h3-4,11-13,17-18,21-22,25,31,37-38H,1-2,5-10,29H2,(H,39,40)(H2,30,32,33)/t13-,17-,18+,21+,22+,25+/m0/s1. The number of imidazole rings is 1. The molecule has 0 radical (unpaired) electrons. The van der Waals surface area contributed by atoms with Crippen LogP contribution in [0.3, 0.4) is 0 Å². The highest BCUT2D eigenvalue weighted by atomic mass is 35.5. The normalized spacial score (nSPS) is 25.1. The maximum Gasteiger partial charge on any atom is 0.320 e. The molecule has 8 N–H and O–H groups in total. The lowest BCUT2D eigenvalue weighted by Gasteiger charge is -2.30. The Morgan fingerprint density at radius 2 is 2.02 bits per heavy atom. The number of ether oxygens (including phenoxy) is 1. The van der Waals surface area contributed by atoms with Gasteiger partial charge in [-0.15, -0.1) is 0 Å². The van der Waals surface area contributed by atoms with Gasteiger partial charge in [0.15, 0.2) is 17.7 Å². The third-order valence-corrected chi connectivity index (χ3v) is 8.75. The summed E-state index contributed by atoms with van der Waals surface area (Å²) in [6.07, 6.45) is 0.427. The zero-order valence-corrected chi connectivity index (χ0v) is 23.7. The van der Waals surface area contributed by atoms with Crippen molar-refractivity contribution in [2.45, 2.75) is 62.3 Å². The highest BCUT2D eigenvalue weighted by Crippen LogP contribution is 2.36. The Balaban J connectivity index is 1.27. The average Bonchev–Trinajstić information content (AvgIpc) is 3.50. The quantitative estimate of drug-likeness (QED) is 0.181. The number of nitrogens with two attached hydrogens (primary N) is 2. The van der Waals surface area contributed by atoms with Gasteiger partial charge in [0.25, 0.3) is 0 Å². The number of aliphatic hydroxyl groups excluding tert-OH is 2. The summed E-state index contributed by atoms with van der Waals surface area (Å²) in [6.45, 7) is 2.70. The van der Waals surface area contributed by atoms with Gasteiger partial charge in [-0.05, 0) is 48.9 Å². The summed E-state index contributed by atoms with van der Waals surface area (Å²) in [5, 5.41) is 35.6. The number of aromatic nitrogens is 4. The van der Waals surface area contributed by atoms with Crippen LogP contribution < -0.4 is 16.8 Å². The van der Waals surface area contributed by atoms with Crippen molar-refractivity contribution in [3.05, 3.63) is 46.0 Å². The fraction of sp³-hybridized carbons (Fsp3) is 0.538. The lowest BCUT2D eigenvalue weighted by Crippen LogP contribution is -2.43. The number of carboxylic acids is 1. The molecule has 6 atom stereocenters. The summed E-state index contributed by atoms with van der Waals surface area (Å²) in [5.41, 5.74) is 14.6. The van der Waals surface area contributed by atoms with E-state index in [1.807, 2.05) is 17.0 Å². The zero-order chi connectivity index (χ0) is 29.3. The first kappa shape index (κ1) is 29.9. The second-order valence-electron chi connectivity index (χ2n) is 10.6. The van der Waals surface area contributed by atoms with Gasteiger partial charge in [0, 0.05) is 26.2 Å². The molecule has 1 aromatic carbocycles. The fourth-order valence-corrected chi connectivity index (χ4v) is 6.05. The molecule has 0 spiro atoms. The number of carboxylic acid groups (broad SMARTS) is 1. The molecule has 0 unspecified atom stereocenters. The van der Waals surface area contributed by atoms with Crippen LogP contribution >= 0.6 is 23.2 Å². The Kier molecular flexibility index (Phi) is 9.26. The zero-order valence-electron chi connectivity index (χ0n) is 22.2. The van der Waals surface area contributed by atoms with Crippen molar-refractivity contribution >= 4 is 46.2 Å². The van der Waals surface area contributed by atoms with E-state index in [-0.39, 0.29) is 24.7 Å². The van der Waals surface area contributed by atoms with E-state index in [0.717, 1.165) is 24.9 Å². The molecule has 1 fully saturated rings. The van der Waals surface area contributed by atoms with Crippen molar-refractivity contribution in [3.8, 4) is 0 Å². The molecule has 0 aliphatic carbocycles. The van der Waals surface area contributed by atoms with Crippen molar-refractivity contribution in [2.75, 3.05) is 31.9 Å². The minimum Gasteiger partial charge on any atom is -0.480 e. The Hall–Kier alpha value is -2.62. The van der Waals surface area contributed by atoms with Crippen molar-refractivity contribution in [1.82, 2.24) is 29.7 Å². The second kappa shape index (κ2) is 12.7. The molecule has 4 heterocycles. The van der Waals surface area contributed by atoms with Gasteiger partial charge in [0.05, 0.1) is 16.4 Å². The van der Waals surface area contributed by atoms with E-state index in [1.54, 1.807) is 0 Å². The van der Waals surface area contributed by atoms with Gasteiger partial charge in [0.2, 0.25) is 0 Å². The van der Waals surface area contributed by atoms with Crippen LogP contribution in [0.5, 0.6) is 0 Å². The first-order valence-electron chi connectivity index (χ1n) is 13.5. The summed E-state index contributed by atoms with van der Waals surface area (Å²) < 4.78 is 7.65. The Morgan fingerprint density at radius 1 is 1.22 bits per heavy atom. The van der Waals surface area contributed by atoms with E-state index in [9.17, 15) is 20.1 Å². The monoisotopic (exact) mass is 608 g/mol. The van der Waals surface area contributed by atoms with E-state index in [4.69, 9.17) is 39.4 Å². The van der Waals surface area contributed by atoms with Gasteiger partial charge in [0.1, 0.15) is 36.2 Å². The van der Waals surface area contributed by atoms with Crippen molar-refractivity contribution in [2.24, 2.45) is 5.73 Å². The van der Waals surface area contributed by atoms with Crippen molar-refractivity contribution in [3.63, 3.8) is 0 Å². The number of halogens is 2. The predicted molar refractivity (Wildman–Crippen MR) is 152 cm³/mol. The molecule has 0 saturated carbocycles. The van der Waals surface area contributed by atoms with Gasteiger partial charge in [-0.1, -0.05) is 29.3 Å². The fourth-order valence-electron chi connectivity index (χ4n) is 5.63. The number of nitrogens with one attached hydrogen (secondary N) is 1. The molecule has 0 amide bonds. The van der Waals surface area contributed by atoms with Crippen molar-refractivity contribution < 1.29 is 24.9 Å². The largest absolute Gasteiger partial charge is 0.480 e. The number of aliphatic carboxylic acids is 1. The summed E-state index contributed by atoms with van der Waals surface area (Å²) >= 11 is 12.7. The van der Waals surface area contributed by atoms with Gasteiger partial charge in [-0.25, -0.2) is 15.0 Å². The summed E-state index contributed by atoms with van der Waals surface area (Å²) in [6, 6.07) is 2.83. The van der Waals surface area contributed by atoms with Crippen LogP contribution in [0.25, 0.3) is 11.2 Å². The molecular formula is C26H34Cl2N8O5. The highest BCUT2D eigenvalue weighted by Gasteiger charge is 2.45. The number of nitrogens with zero attached hydrogens (tertiary/aromatic N) is 5. The van der Waals surface area contributed by atoms with Crippen LogP contribution in [0.1, 0.15) is 42.5 Å². The molecule has 2 aromatic heterocycles. The lowest BCUT2D eigenvalue weighted by molar-refractivity contribution is -0.138. The van der Waals surface area contributed by atoms with Gasteiger partial charge < -0.3 is 41.7 Å². The number of rotatable bonds is 11. The molecule has 13 nitrogen and oxygen atoms in total. The number of benzene rings is 1. The number of carbonyl (C=O) groups is 1. The van der Waals surface area contributed by atoms with Crippen LogP contribution in [0.4, 0.5) is 5.82 Å². The first-order valence-corrected chi connectivity index (χ1v) is 14.2. The molecule has 222 valence electrons. The topological polar surface area (TPSA) is 198 Å². The van der Waals surface area contributed by atoms with Gasteiger partial charge in [-0.2, -0.15) is 0 Å². The molecule has 2 aliphatic rings. The number of anilines is 1. The molecule has 2 aliphatic heterocycles. The summed E-state index contributed by atoms with van der Waals surface area (Å²) in [7, 11) is 0. The Bertz CT molecular complexity index is 1390. The van der Waals surface area contributed by atoms with Gasteiger partial charge >= 0.3 is 5.97 Å². The SMILES string of the molecule is Nc1ncnc2c1ncn2[C@@H]1O[C@H](CN(CCC[C@H]2CNCc3c2ccc(Cl)c3Cl)CC[C@H](N)C(=O)O)[C@@H](O)[C@H]1O. The second-order valence-corrected chi connectivity index (χ2v) is 11.3. The number of aliphatic hydroxyl groups is 2. The van der Waals surface area contributed by atoms with Crippen LogP contribution in [0.2, 0.25) is 10.0 Å². The maximum atomic E-state index is 11.3. The van der Waals surface area contributed by atoms with Crippen LogP contribution in [0, 0.1) is 0 Å². The molecular weight excluding hydrogens is 575 g/mol. The number of nitrogen functional groups attached to an aromatic ring is 1. The first-order chi connectivity index (χ1) is 19.7. The lowest BCUT2D eigenvalue weighted by atomic mass is 9.87. The third-order valence-electron chi connectivity index (χ3n) is 7.90. The third kappa shape index (κ3) is 6.27. The number of fused-ring (bicyclic) bond motifs is 2. The van der Waals surface area contributed by atoms with E-state index in [0.29, 0.717) is 40.8 Å². The van der Waals surface area contributed by atoms with E-state index in [1.165, 1.54) is 22.8 Å². The van der Waals surface area contributed by atoms with Crippen LogP contribution in [-0.2, 0) is 16.1 Å². The molecule has 3 aromatic rings. The number of hydrogen-bond acceptors (Lipinski definition) is 11. The van der Waals surface area contributed by atoms with Gasteiger partial charge in [-0.3, -0.25) is 9.36 Å². The molecule has 15 heteroatoms. The van der Waals surface area contributed by atoms with E-state index < -0.39 is 36.6 Å². The Labute approximate surface area is 246 Å². The molecule has 5 rings (SSSR count). The average molecular weight is 610 g/mol. The summed E-state index contributed by atoms with van der Waals surface area (Å²) in [5.74, 6) is -0.646. The highest BCUT2D eigenvalue weighted by molar-refractivity contribution is 6.42. The molecule has 1 saturated heterocycles.